The van der Waals surface area contributed by atoms with Crippen LogP contribution in [-0.4, -0.2) is 29.4 Å². The average Bonchev–Trinajstić information content (AvgIpc) is 2.86. The lowest BCUT2D eigenvalue weighted by Crippen LogP contribution is -2.32. The molecule has 2 rings (SSSR count). The number of nitrogens with two attached hydrogens (primary N) is 1. The van der Waals surface area contributed by atoms with Crippen molar-refractivity contribution in [3.63, 3.8) is 0 Å². The number of carbonyl (C=O) groups excluding carboxylic acids is 2. The fraction of sp³-hybridized carbons (Fsp3) is 0.500. The highest BCUT2D eigenvalue weighted by atomic mass is 16.2. The number of hydrogen-bond acceptors (Lipinski definition) is 4. The van der Waals surface area contributed by atoms with E-state index in [0.717, 1.165) is 19.3 Å². The fourth-order valence-electron chi connectivity index (χ4n) is 2.36. The summed E-state index contributed by atoms with van der Waals surface area (Å²) in [4.78, 5) is 27.4. The number of rotatable bonds is 5. The predicted octanol–water partition coefficient (Wildman–Crippen LogP) is 0.654. The zero-order valence-electron chi connectivity index (χ0n) is 11.3. The lowest BCUT2D eigenvalue weighted by molar-refractivity contribution is -0.124. The van der Waals surface area contributed by atoms with Crippen LogP contribution in [0.15, 0.2) is 24.5 Å². The molecule has 1 aromatic rings. The molecule has 1 aromatic heterocycles. The number of pyridine rings is 1. The first kappa shape index (κ1) is 14.5. The monoisotopic (exact) mass is 276 g/mol. The van der Waals surface area contributed by atoms with Crippen molar-refractivity contribution in [2.45, 2.75) is 31.7 Å². The van der Waals surface area contributed by atoms with Crippen LogP contribution >= 0.6 is 0 Å². The lowest BCUT2D eigenvalue weighted by Gasteiger charge is -2.10. The molecule has 0 radical (unpaired) electrons. The third-order valence-electron chi connectivity index (χ3n) is 3.46. The van der Waals surface area contributed by atoms with E-state index in [1.165, 1.54) is 0 Å². The van der Waals surface area contributed by atoms with Gasteiger partial charge in [-0.3, -0.25) is 14.6 Å². The van der Waals surface area contributed by atoms with E-state index in [2.05, 4.69) is 15.6 Å². The Kier molecular flexibility index (Phi) is 5.06. The van der Waals surface area contributed by atoms with Gasteiger partial charge in [0.25, 0.3) is 0 Å². The molecule has 0 saturated heterocycles. The molecule has 6 nitrogen and oxygen atoms in total. The standard InChI is InChI=1S/C14H20N4O2/c15-11-2-1-10(9-11)14(20)17-8-5-13(19)18-12-3-6-16-7-4-12/h3-4,6-7,10-11H,1-2,5,8-9,15H2,(H,17,20)(H,16,18,19). The molecule has 0 aromatic carbocycles. The molecule has 2 unspecified atom stereocenters. The lowest BCUT2D eigenvalue weighted by atomic mass is 10.1. The molecular formula is C14H20N4O2. The molecule has 1 aliphatic rings. The molecule has 2 atom stereocenters. The molecule has 0 bridgehead atoms. The van der Waals surface area contributed by atoms with Crippen LogP contribution in [0.3, 0.4) is 0 Å². The summed E-state index contributed by atoms with van der Waals surface area (Å²) < 4.78 is 0. The minimum Gasteiger partial charge on any atom is -0.355 e. The smallest absolute Gasteiger partial charge is 0.226 e. The van der Waals surface area contributed by atoms with Gasteiger partial charge in [-0.05, 0) is 31.4 Å². The molecule has 1 heterocycles. The molecule has 6 heteroatoms. The van der Waals surface area contributed by atoms with Crippen molar-refractivity contribution in [3.8, 4) is 0 Å². The summed E-state index contributed by atoms with van der Waals surface area (Å²) in [5.41, 5.74) is 6.48. The predicted molar refractivity (Wildman–Crippen MR) is 75.8 cm³/mol. The van der Waals surface area contributed by atoms with Gasteiger partial charge in [0, 0.05) is 43.0 Å². The maximum absolute atomic E-state index is 11.8. The highest BCUT2D eigenvalue weighted by molar-refractivity contribution is 5.91. The zero-order chi connectivity index (χ0) is 14.4. The van der Waals surface area contributed by atoms with Crippen molar-refractivity contribution in [2.24, 2.45) is 11.7 Å². The molecule has 0 aliphatic heterocycles. The molecule has 20 heavy (non-hydrogen) atoms. The van der Waals surface area contributed by atoms with Gasteiger partial charge in [-0.1, -0.05) is 0 Å². The molecule has 1 aliphatic carbocycles. The van der Waals surface area contributed by atoms with E-state index in [4.69, 9.17) is 5.73 Å². The van der Waals surface area contributed by atoms with E-state index in [0.29, 0.717) is 12.2 Å². The van der Waals surface area contributed by atoms with Gasteiger partial charge >= 0.3 is 0 Å². The van der Waals surface area contributed by atoms with Crippen LogP contribution in [0.2, 0.25) is 0 Å². The van der Waals surface area contributed by atoms with Crippen LogP contribution in [0.4, 0.5) is 5.69 Å². The Morgan fingerprint density at radius 3 is 2.70 bits per heavy atom. The Hall–Kier alpha value is -1.95. The summed E-state index contributed by atoms with van der Waals surface area (Å²) in [7, 11) is 0. The zero-order valence-corrected chi connectivity index (χ0v) is 11.3. The van der Waals surface area contributed by atoms with Gasteiger partial charge < -0.3 is 16.4 Å². The number of amides is 2. The minimum absolute atomic E-state index is 0.00765. The Morgan fingerprint density at radius 2 is 2.05 bits per heavy atom. The molecule has 108 valence electrons. The topological polar surface area (TPSA) is 97.1 Å². The summed E-state index contributed by atoms with van der Waals surface area (Å²) in [5, 5.41) is 5.54. The first-order chi connectivity index (χ1) is 9.65. The summed E-state index contributed by atoms with van der Waals surface area (Å²) in [6, 6.07) is 3.58. The van der Waals surface area contributed by atoms with Crippen LogP contribution in [0.1, 0.15) is 25.7 Å². The van der Waals surface area contributed by atoms with Gasteiger partial charge in [-0.25, -0.2) is 0 Å². The molecule has 0 spiro atoms. The second-order valence-corrected chi connectivity index (χ2v) is 5.10. The second kappa shape index (κ2) is 7.00. The van der Waals surface area contributed by atoms with E-state index in [1.807, 2.05) is 0 Å². The number of carbonyl (C=O) groups is 2. The quantitative estimate of drug-likeness (QED) is 0.735. The van der Waals surface area contributed by atoms with Crippen molar-refractivity contribution in [2.75, 3.05) is 11.9 Å². The fourth-order valence-corrected chi connectivity index (χ4v) is 2.36. The Bertz CT molecular complexity index is 464. The number of anilines is 1. The van der Waals surface area contributed by atoms with Gasteiger partial charge in [0.05, 0.1) is 0 Å². The third-order valence-corrected chi connectivity index (χ3v) is 3.46. The molecule has 1 saturated carbocycles. The number of nitrogens with zero attached hydrogens (tertiary/aromatic N) is 1. The summed E-state index contributed by atoms with van der Waals surface area (Å²) in [6.07, 6.45) is 5.97. The van der Waals surface area contributed by atoms with E-state index in [1.54, 1.807) is 24.5 Å². The van der Waals surface area contributed by atoms with E-state index in [9.17, 15) is 9.59 Å². The normalized spacial score (nSPS) is 21.4. The van der Waals surface area contributed by atoms with Crippen molar-refractivity contribution >= 4 is 17.5 Å². The van der Waals surface area contributed by atoms with E-state index >= 15 is 0 Å². The Balaban J connectivity index is 1.65. The van der Waals surface area contributed by atoms with Gasteiger partial charge in [-0.2, -0.15) is 0 Å². The summed E-state index contributed by atoms with van der Waals surface area (Å²) >= 11 is 0. The van der Waals surface area contributed by atoms with Crippen molar-refractivity contribution < 1.29 is 9.59 Å². The number of nitrogens with one attached hydrogen (secondary N) is 2. The largest absolute Gasteiger partial charge is 0.355 e. The van der Waals surface area contributed by atoms with Crippen LogP contribution < -0.4 is 16.4 Å². The summed E-state index contributed by atoms with van der Waals surface area (Å²) in [6.45, 7) is 0.349. The average molecular weight is 276 g/mol. The van der Waals surface area contributed by atoms with E-state index in [-0.39, 0.29) is 30.2 Å². The van der Waals surface area contributed by atoms with Crippen molar-refractivity contribution in [1.82, 2.24) is 10.3 Å². The van der Waals surface area contributed by atoms with Crippen molar-refractivity contribution in [3.05, 3.63) is 24.5 Å². The highest BCUT2D eigenvalue weighted by Gasteiger charge is 2.27. The summed E-state index contributed by atoms with van der Waals surface area (Å²) in [5.74, 6) is -0.109. The maximum Gasteiger partial charge on any atom is 0.226 e. The van der Waals surface area contributed by atoms with Crippen molar-refractivity contribution in [1.29, 1.82) is 0 Å². The Morgan fingerprint density at radius 1 is 1.30 bits per heavy atom. The van der Waals surface area contributed by atoms with Crippen LogP contribution in [-0.2, 0) is 9.59 Å². The number of aromatic nitrogens is 1. The molecule has 4 N–H and O–H groups in total. The number of hydrogen-bond donors (Lipinski definition) is 3. The Labute approximate surface area is 118 Å². The minimum atomic E-state index is -0.125. The van der Waals surface area contributed by atoms with Gasteiger partial charge in [0.1, 0.15) is 0 Å². The first-order valence-electron chi connectivity index (χ1n) is 6.88. The van der Waals surface area contributed by atoms with Crippen LogP contribution in [0, 0.1) is 5.92 Å². The SMILES string of the molecule is NC1CCC(C(=O)NCCC(=O)Nc2ccncc2)C1. The maximum atomic E-state index is 11.8. The van der Waals surface area contributed by atoms with Crippen LogP contribution in [0.5, 0.6) is 0 Å². The second-order valence-electron chi connectivity index (χ2n) is 5.10. The van der Waals surface area contributed by atoms with Crippen LogP contribution in [0.25, 0.3) is 0 Å². The third kappa shape index (κ3) is 4.31. The highest BCUT2D eigenvalue weighted by Crippen LogP contribution is 2.23. The molecular weight excluding hydrogens is 256 g/mol. The van der Waals surface area contributed by atoms with E-state index < -0.39 is 0 Å². The molecule has 2 amide bonds. The van der Waals surface area contributed by atoms with Gasteiger partial charge in [0.2, 0.25) is 11.8 Å². The van der Waals surface area contributed by atoms with Gasteiger partial charge in [-0.15, -0.1) is 0 Å². The van der Waals surface area contributed by atoms with Gasteiger partial charge in [0.15, 0.2) is 0 Å². The molecule has 1 fully saturated rings. The first-order valence-corrected chi connectivity index (χ1v) is 6.88.